The van der Waals surface area contributed by atoms with E-state index in [4.69, 9.17) is 9.47 Å². The maximum atomic E-state index is 12.8. The van der Waals surface area contributed by atoms with E-state index in [0.717, 1.165) is 48.3 Å². The summed E-state index contributed by atoms with van der Waals surface area (Å²) in [6.07, 6.45) is -1.76. The van der Waals surface area contributed by atoms with E-state index in [9.17, 15) is 13.2 Å². The van der Waals surface area contributed by atoms with Crippen molar-refractivity contribution in [1.82, 2.24) is 5.32 Å². The Bertz CT molecular complexity index is 998. The first-order valence-electron chi connectivity index (χ1n) is 11.8. The van der Waals surface area contributed by atoms with Gasteiger partial charge in [0.05, 0.1) is 12.2 Å². The SMILES string of the molecule is BrCCOc1ccc(OCc2ccccc2)cc1.Cl.FC(F)(F)c1ccccc1CC1CCNCC1. The molecule has 1 aliphatic heterocycles. The molecule has 1 aliphatic rings. The highest BCUT2D eigenvalue weighted by Crippen LogP contribution is 2.33. The van der Waals surface area contributed by atoms with E-state index in [2.05, 4.69) is 21.2 Å². The zero-order chi connectivity index (χ0) is 24.9. The van der Waals surface area contributed by atoms with Crippen LogP contribution >= 0.6 is 28.3 Å². The van der Waals surface area contributed by atoms with Crippen molar-refractivity contribution in [3.63, 3.8) is 0 Å². The molecular formula is C28H32BrClF3NO2. The zero-order valence-corrected chi connectivity index (χ0v) is 22.4. The number of hydrogen-bond donors (Lipinski definition) is 1. The molecule has 0 radical (unpaired) electrons. The Hall–Kier alpha value is -2.22. The van der Waals surface area contributed by atoms with Gasteiger partial charge in [-0.15, -0.1) is 12.4 Å². The van der Waals surface area contributed by atoms with Gasteiger partial charge in [-0.3, -0.25) is 0 Å². The summed E-state index contributed by atoms with van der Waals surface area (Å²) in [5.41, 5.74) is 1.13. The van der Waals surface area contributed by atoms with E-state index in [1.165, 1.54) is 12.1 Å². The van der Waals surface area contributed by atoms with Crippen molar-refractivity contribution in [3.05, 3.63) is 95.6 Å². The van der Waals surface area contributed by atoms with E-state index in [-0.39, 0.29) is 12.4 Å². The van der Waals surface area contributed by atoms with Crippen LogP contribution in [0.5, 0.6) is 11.5 Å². The van der Waals surface area contributed by atoms with Gasteiger partial charge in [-0.1, -0.05) is 64.5 Å². The van der Waals surface area contributed by atoms with Crippen molar-refractivity contribution in [1.29, 1.82) is 0 Å². The summed E-state index contributed by atoms with van der Waals surface area (Å²) in [5, 5.41) is 4.06. The monoisotopic (exact) mass is 585 g/mol. The third-order valence-corrected chi connectivity index (χ3v) is 6.03. The molecule has 0 bridgehead atoms. The van der Waals surface area contributed by atoms with Crippen LogP contribution < -0.4 is 14.8 Å². The second-order valence-corrected chi connectivity index (χ2v) is 9.13. The zero-order valence-electron chi connectivity index (χ0n) is 20.0. The fourth-order valence-corrected chi connectivity index (χ4v) is 4.06. The molecule has 36 heavy (non-hydrogen) atoms. The molecule has 0 atom stereocenters. The number of alkyl halides is 4. The van der Waals surface area contributed by atoms with Crippen LogP contribution in [0.3, 0.4) is 0 Å². The third-order valence-electron chi connectivity index (χ3n) is 5.71. The summed E-state index contributed by atoms with van der Waals surface area (Å²) in [6.45, 7) is 3.09. The number of nitrogens with one attached hydrogen (secondary N) is 1. The Kier molecular flexibility index (Phi) is 13.2. The molecule has 3 aromatic carbocycles. The average molecular weight is 587 g/mol. The highest BCUT2D eigenvalue weighted by Gasteiger charge is 2.33. The molecule has 0 aromatic heterocycles. The van der Waals surface area contributed by atoms with Crippen LogP contribution in [0.4, 0.5) is 13.2 Å². The minimum Gasteiger partial charge on any atom is -0.493 e. The molecule has 0 saturated carbocycles. The van der Waals surface area contributed by atoms with Crippen LogP contribution in [0.2, 0.25) is 0 Å². The Balaban J connectivity index is 0.000000247. The predicted molar refractivity (Wildman–Crippen MR) is 144 cm³/mol. The first-order chi connectivity index (χ1) is 17.0. The molecule has 3 nitrogen and oxygen atoms in total. The Morgan fingerprint density at radius 2 is 1.39 bits per heavy atom. The van der Waals surface area contributed by atoms with Crippen LogP contribution in [-0.2, 0) is 19.2 Å². The lowest BCUT2D eigenvalue weighted by Gasteiger charge is -2.24. The largest absolute Gasteiger partial charge is 0.493 e. The summed E-state index contributed by atoms with van der Waals surface area (Å²) in [7, 11) is 0. The van der Waals surface area contributed by atoms with E-state index in [1.807, 2.05) is 54.6 Å². The van der Waals surface area contributed by atoms with Gasteiger partial charge in [0.2, 0.25) is 0 Å². The number of halogens is 5. The van der Waals surface area contributed by atoms with E-state index < -0.39 is 11.7 Å². The maximum Gasteiger partial charge on any atom is 0.416 e. The average Bonchev–Trinajstić information content (AvgIpc) is 2.88. The topological polar surface area (TPSA) is 30.5 Å². The molecule has 1 heterocycles. The minimum atomic E-state index is -4.23. The lowest BCUT2D eigenvalue weighted by Crippen LogP contribution is -2.29. The smallest absolute Gasteiger partial charge is 0.416 e. The van der Waals surface area contributed by atoms with Gasteiger partial charge in [0, 0.05) is 5.33 Å². The molecule has 1 N–H and O–H groups in total. The molecule has 8 heteroatoms. The van der Waals surface area contributed by atoms with Gasteiger partial charge >= 0.3 is 6.18 Å². The van der Waals surface area contributed by atoms with E-state index >= 15 is 0 Å². The molecule has 0 spiro atoms. The van der Waals surface area contributed by atoms with E-state index in [1.54, 1.807) is 12.1 Å². The van der Waals surface area contributed by atoms with Crippen LogP contribution in [0.25, 0.3) is 0 Å². The van der Waals surface area contributed by atoms with Crippen LogP contribution in [0, 0.1) is 5.92 Å². The van der Waals surface area contributed by atoms with E-state index in [0.29, 0.717) is 31.1 Å². The first kappa shape index (κ1) is 30.0. The second kappa shape index (κ2) is 15.8. The first-order valence-corrected chi connectivity index (χ1v) is 12.9. The number of rotatable bonds is 8. The molecule has 1 fully saturated rings. The van der Waals surface area contributed by atoms with Gasteiger partial charge in [0.1, 0.15) is 18.1 Å². The molecule has 0 aliphatic carbocycles. The van der Waals surface area contributed by atoms with Crippen LogP contribution in [0.1, 0.15) is 29.5 Å². The van der Waals surface area contributed by atoms with Crippen LogP contribution in [0.15, 0.2) is 78.9 Å². The van der Waals surface area contributed by atoms with Crippen molar-refractivity contribution in [2.45, 2.75) is 32.0 Å². The van der Waals surface area contributed by atoms with Gasteiger partial charge < -0.3 is 14.8 Å². The lowest BCUT2D eigenvalue weighted by molar-refractivity contribution is -0.138. The predicted octanol–water partition coefficient (Wildman–Crippen LogP) is 7.71. The number of hydrogen-bond acceptors (Lipinski definition) is 3. The quantitative estimate of drug-likeness (QED) is 0.274. The fourth-order valence-electron chi connectivity index (χ4n) is 3.90. The molecule has 0 unspecified atom stereocenters. The molecule has 196 valence electrons. The summed E-state index contributed by atoms with van der Waals surface area (Å²) in [5.74, 6) is 2.09. The number of ether oxygens (including phenoxy) is 2. The Labute approximate surface area is 225 Å². The second-order valence-electron chi connectivity index (χ2n) is 8.34. The molecule has 4 rings (SSSR count). The summed E-state index contributed by atoms with van der Waals surface area (Å²) in [6, 6.07) is 23.7. The van der Waals surface area contributed by atoms with Crippen molar-refractivity contribution >= 4 is 28.3 Å². The number of benzene rings is 3. The molecular weight excluding hydrogens is 555 g/mol. The Morgan fingerprint density at radius 1 is 0.806 bits per heavy atom. The summed E-state index contributed by atoms with van der Waals surface area (Å²) in [4.78, 5) is 0. The standard InChI is InChI=1S/C15H15BrO2.C13H16F3N.ClH/c16-10-11-17-14-6-8-15(9-7-14)18-12-13-4-2-1-3-5-13;14-13(15,16)12-4-2-1-3-11(12)9-10-5-7-17-8-6-10;/h1-9H,10-12H2;1-4,10,17H,5-9H2;1H. The van der Waals surface area contributed by atoms with Crippen molar-refractivity contribution < 1.29 is 22.6 Å². The fraction of sp³-hybridized carbons (Fsp3) is 0.357. The molecule has 3 aromatic rings. The number of piperidine rings is 1. The molecule has 0 amide bonds. The van der Waals surface area contributed by atoms with Gasteiger partial charge in [-0.2, -0.15) is 13.2 Å². The molecule has 1 saturated heterocycles. The van der Waals surface area contributed by atoms with Crippen LogP contribution in [-0.4, -0.2) is 25.0 Å². The van der Waals surface area contributed by atoms with Gasteiger partial charge in [0.25, 0.3) is 0 Å². The normalized spacial score (nSPS) is 13.7. The highest BCUT2D eigenvalue weighted by molar-refractivity contribution is 9.09. The van der Waals surface area contributed by atoms with Gasteiger partial charge in [-0.25, -0.2) is 0 Å². The minimum absolute atomic E-state index is 0. The van der Waals surface area contributed by atoms with Gasteiger partial charge in [-0.05, 0) is 79.7 Å². The maximum absolute atomic E-state index is 12.8. The van der Waals surface area contributed by atoms with Gasteiger partial charge in [0.15, 0.2) is 0 Å². The van der Waals surface area contributed by atoms with Crippen molar-refractivity contribution in [3.8, 4) is 11.5 Å². The summed E-state index contributed by atoms with van der Waals surface area (Å²) < 4.78 is 49.5. The van der Waals surface area contributed by atoms with Crippen molar-refractivity contribution in [2.24, 2.45) is 5.92 Å². The summed E-state index contributed by atoms with van der Waals surface area (Å²) >= 11 is 3.32. The lowest BCUT2D eigenvalue weighted by atomic mass is 9.89. The Morgan fingerprint density at radius 3 is 2.00 bits per heavy atom. The highest BCUT2D eigenvalue weighted by atomic mass is 79.9. The third kappa shape index (κ3) is 10.4. The van der Waals surface area contributed by atoms with Crippen molar-refractivity contribution in [2.75, 3.05) is 25.0 Å².